The summed E-state index contributed by atoms with van der Waals surface area (Å²) in [5.74, 6) is -1.43. The second-order valence-corrected chi connectivity index (χ2v) is 8.73. The number of nitro groups is 1. The third kappa shape index (κ3) is 6.27. The van der Waals surface area contributed by atoms with Crippen LogP contribution in [0.15, 0.2) is 115 Å². The Bertz CT molecular complexity index is 1320. The maximum atomic E-state index is 13.8. The van der Waals surface area contributed by atoms with Crippen LogP contribution in [0.3, 0.4) is 0 Å². The zero-order valence-corrected chi connectivity index (χ0v) is 20.4. The first-order valence-corrected chi connectivity index (χ1v) is 11.9. The van der Waals surface area contributed by atoms with Gasteiger partial charge in [0.25, 0.3) is 5.69 Å². The molecule has 0 saturated heterocycles. The Balaban J connectivity index is 1.70. The van der Waals surface area contributed by atoms with Gasteiger partial charge in [0, 0.05) is 25.7 Å². The minimum absolute atomic E-state index is 0.155. The molecule has 0 unspecified atom stereocenters. The molecule has 0 fully saturated rings. The van der Waals surface area contributed by atoms with Crippen molar-refractivity contribution in [2.24, 2.45) is 0 Å². The standard InChI is InChI=1S/C30H27N3O4/c1-32(21-22-12-5-2-6-13-22)30(35)28(25-18-11-19-26(20-25)33(36)37)31-29(34)27(23-14-7-3-8-15-23)24-16-9-4-10-17-24/h2-20,27-28H,21H2,1H3,(H,31,34)/t28-/m1/s1. The Kier molecular flexibility index (Phi) is 8.05. The van der Waals surface area contributed by atoms with E-state index in [-0.39, 0.29) is 17.5 Å². The van der Waals surface area contributed by atoms with Gasteiger partial charge in [-0.3, -0.25) is 19.7 Å². The van der Waals surface area contributed by atoms with E-state index in [0.717, 1.165) is 16.7 Å². The summed E-state index contributed by atoms with van der Waals surface area (Å²) in [4.78, 5) is 40.0. The van der Waals surface area contributed by atoms with Crippen molar-refractivity contribution >= 4 is 17.5 Å². The molecule has 7 nitrogen and oxygen atoms in total. The van der Waals surface area contributed by atoms with Crippen LogP contribution in [0.5, 0.6) is 0 Å². The van der Waals surface area contributed by atoms with Crippen LogP contribution in [0, 0.1) is 10.1 Å². The van der Waals surface area contributed by atoms with Crippen molar-refractivity contribution in [3.63, 3.8) is 0 Å². The van der Waals surface area contributed by atoms with Gasteiger partial charge in [0.15, 0.2) is 0 Å². The van der Waals surface area contributed by atoms with Crippen LogP contribution < -0.4 is 5.32 Å². The molecule has 0 aromatic heterocycles. The van der Waals surface area contributed by atoms with Gasteiger partial charge >= 0.3 is 0 Å². The van der Waals surface area contributed by atoms with Crippen molar-refractivity contribution in [1.82, 2.24) is 10.2 Å². The molecule has 0 radical (unpaired) electrons. The Morgan fingerprint density at radius 1 is 0.784 bits per heavy atom. The number of nitro benzene ring substituents is 1. The van der Waals surface area contributed by atoms with Gasteiger partial charge < -0.3 is 10.2 Å². The van der Waals surface area contributed by atoms with Crippen molar-refractivity contribution in [2.75, 3.05) is 7.05 Å². The molecule has 1 N–H and O–H groups in total. The van der Waals surface area contributed by atoms with Crippen molar-refractivity contribution in [2.45, 2.75) is 18.5 Å². The van der Waals surface area contributed by atoms with E-state index in [0.29, 0.717) is 12.1 Å². The highest BCUT2D eigenvalue weighted by Crippen LogP contribution is 2.28. The molecule has 2 amide bonds. The Labute approximate surface area is 215 Å². The predicted octanol–water partition coefficient (Wildman–Crippen LogP) is 5.24. The fourth-order valence-electron chi connectivity index (χ4n) is 4.27. The highest BCUT2D eigenvalue weighted by Gasteiger charge is 2.31. The molecule has 0 spiro atoms. The first-order valence-electron chi connectivity index (χ1n) is 11.9. The van der Waals surface area contributed by atoms with Crippen LogP contribution in [-0.2, 0) is 16.1 Å². The Morgan fingerprint density at radius 2 is 1.30 bits per heavy atom. The molecule has 0 aliphatic rings. The number of carbonyl (C=O) groups is 2. The van der Waals surface area contributed by atoms with Crippen LogP contribution in [0.25, 0.3) is 0 Å². The number of non-ortho nitro benzene ring substituents is 1. The summed E-state index contributed by atoms with van der Waals surface area (Å²) >= 11 is 0. The lowest BCUT2D eigenvalue weighted by Gasteiger charge is -2.27. The number of rotatable bonds is 9. The fraction of sp³-hybridized carbons (Fsp3) is 0.133. The number of hydrogen-bond donors (Lipinski definition) is 1. The quantitative estimate of drug-likeness (QED) is 0.255. The molecule has 4 aromatic carbocycles. The number of nitrogens with one attached hydrogen (secondary N) is 1. The van der Waals surface area contributed by atoms with Crippen molar-refractivity contribution < 1.29 is 14.5 Å². The summed E-state index contributed by atoms with van der Waals surface area (Å²) in [6.07, 6.45) is 0. The molecular formula is C30H27N3O4. The SMILES string of the molecule is CN(Cc1ccccc1)C(=O)[C@H](NC(=O)C(c1ccccc1)c1ccccc1)c1cccc([N+](=O)[O-])c1. The first-order chi connectivity index (χ1) is 17.9. The van der Waals surface area contributed by atoms with Crippen molar-refractivity contribution in [1.29, 1.82) is 0 Å². The topological polar surface area (TPSA) is 92.6 Å². The van der Waals surface area contributed by atoms with E-state index in [4.69, 9.17) is 0 Å². The van der Waals surface area contributed by atoms with E-state index in [1.165, 1.54) is 23.1 Å². The summed E-state index contributed by atoms with van der Waals surface area (Å²) in [6, 6.07) is 32.8. The minimum atomic E-state index is -1.11. The van der Waals surface area contributed by atoms with E-state index in [1.807, 2.05) is 91.0 Å². The smallest absolute Gasteiger partial charge is 0.269 e. The molecule has 0 aliphatic carbocycles. The van der Waals surface area contributed by atoms with Gasteiger partial charge in [-0.25, -0.2) is 0 Å². The van der Waals surface area contributed by atoms with Gasteiger partial charge in [-0.05, 0) is 22.3 Å². The molecule has 186 valence electrons. The number of likely N-dealkylation sites (N-methyl/N-ethyl adjacent to an activating group) is 1. The van der Waals surface area contributed by atoms with E-state index < -0.39 is 16.9 Å². The average Bonchev–Trinajstić information content (AvgIpc) is 2.93. The monoisotopic (exact) mass is 493 g/mol. The molecule has 0 bridgehead atoms. The maximum Gasteiger partial charge on any atom is 0.269 e. The summed E-state index contributed by atoms with van der Waals surface area (Å²) in [5, 5.41) is 14.4. The molecule has 1 atom stereocenters. The maximum absolute atomic E-state index is 13.8. The predicted molar refractivity (Wildman–Crippen MR) is 142 cm³/mol. The molecular weight excluding hydrogens is 466 g/mol. The second kappa shape index (κ2) is 11.8. The van der Waals surface area contributed by atoms with E-state index in [2.05, 4.69) is 5.32 Å². The van der Waals surface area contributed by atoms with Gasteiger partial charge in [-0.15, -0.1) is 0 Å². The summed E-state index contributed by atoms with van der Waals surface area (Å²) in [5.41, 5.74) is 2.65. The van der Waals surface area contributed by atoms with Gasteiger partial charge in [0.2, 0.25) is 11.8 Å². The summed E-state index contributed by atoms with van der Waals surface area (Å²) < 4.78 is 0. The molecule has 0 heterocycles. The number of benzene rings is 4. The second-order valence-electron chi connectivity index (χ2n) is 8.73. The number of carbonyl (C=O) groups excluding carboxylic acids is 2. The third-order valence-corrected chi connectivity index (χ3v) is 6.11. The lowest BCUT2D eigenvalue weighted by Crippen LogP contribution is -2.43. The third-order valence-electron chi connectivity index (χ3n) is 6.11. The van der Waals surface area contributed by atoms with Crippen molar-refractivity contribution in [3.8, 4) is 0 Å². The van der Waals surface area contributed by atoms with Gasteiger partial charge in [-0.2, -0.15) is 0 Å². The number of nitrogens with zero attached hydrogens (tertiary/aromatic N) is 2. The highest BCUT2D eigenvalue weighted by molar-refractivity contribution is 5.93. The molecule has 0 saturated carbocycles. The van der Waals surface area contributed by atoms with Crippen LogP contribution >= 0.6 is 0 Å². The van der Waals surface area contributed by atoms with E-state index >= 15 is 0 Å². The lowest BCUT2D eigenvalue weighted by molar-refractivity contribution is -0.384. The van der Waals surface area contributed by atoms with Gasteiger partial charge in [0.1, 0.15) is 6.04 Å². The lowest BCUT2D eigenvalue weighted by atomic mass is 9.90. The van der Waals surface area contributed by atoms with Crippen LogP contribution in [-0.4, -0.2) is 28.7 Å². The number of amides is 2. The molecule has 4 rings (SSSR count). The van der Waals surface area contributed by atoms with Gasteiger partial charge in [0.05, 0.1) is 10.8 Å². The average molecular weight is 494 g/mol. The highest BCUT2D eigenvalue weighted by atomic mass is 16.6. The fourth-order valence-corrected chi connectivity index (χ4v) is 4.27. The zero-order chi connectivity index (χ0) is 26.2. The Morgan fingerprint density at radius 3 is 1.84 bits per heavy atom. The van der Waals surface area contributed by atoms with Gasteiger partial charge in [-0.1, -0.05) is 103 Å². The largest absolute Gasteiger partial charge is 0.340 e. The van der Waals surface area contributed by atoms with Crippen LogP contribution in [0.2, 0.25) is 0 Å². The zero-order valence-electron chi connectivity index (χ0n) is 20.4. The first kappa shape index (κ1) is 25.3. The van der Waals surface area contributed by atoms with Crippen molar-refractivity contribution in [3.05, 3.63) is 148 Å². The van der Waals surface area contributed by atoms with Crippen LogP contribution in [0.4, 0.5) is 5.69 Å². The minimum Gasteiger partial charge on any atom is -0.340 e. The van der Waals surface area contributed by atoms with E-state index in [9.17, 15) is 19.7 Å². The molecule has 0 aliphatic heterocycles. The van der Waals surface area contributed by atoms with E-state index in [1.54, 1.807) is 13.1 Å². The Hall–Kier alpha value is -4.78. The van der Waals surface area contributed by atoms with Crippen LogP contribution in [0.1, 0.15) is 34.2 Å². The molecule has 37 heavy (non-hydrogen) atoms. The summed E-state index contributed by atoms with van der Waals surface area (Å²) in [6.45, 7) is 0.321. The number of hydrogen-bond acceptors (Lipinski definition) is 4. The molecule has 4 aromatic rings. The summed E-state index contributed by atoms with van der Waals surface area (Å²) in [7, 11) is 1.65. The molecule has 7 heteroatoms. The normalized spacial score (nSPS) is 11.5.